The monoisotopic (exact) mass is 380 g/mol. The molecule has 0 spiro atoms. The highest BCUT2D eigenvalue weighted by Crippen LogP contribution is 2.25. The molecule has 6 nitrogen and oxygen atoms in total. The second kappa shape index (κ2) is 7.87. The molecular formula is C22H28N4O2. The normalized spacial score (nSPS) is 15.6. The van der Waals surface area contributed by atoms with Crippen molar-refractivity contribution in [1.29, 1.82) is 0 Å². The summed E-state index contributed by atoms with van der Waals surface area (Å²) in [4.78, 5) is 17.9. The van der Waals surface area contributed by atoms with Crippen molar-refractivity contribution in [3.8, 4) is 0 Å². The van der Waals surface area contributed by atoms with Gasteiger partial charge in [0.2, 0.25) is 0 Å². The lowest BCUT2D eigenvalue weighted by Crippen LogP contribution is -2.30. The van der Waals surface area contributed by atoms with Crippen LogP contribution in [0.2, 0.25) is 0 Å². The Labute approximate surface area is 165 Å². The quantitative estimate of drug-likeness (QED) is 0.681. The van der Waals surface area contributed by atoms with Gasteiger partial charge in [0.1, 0.15) is 11.6 Å². The molecule has 4 rings (SSSR count). The molecule has 0 bridgehead atoms. The largest absolute Gasteiger partial charge is 0.381 e. The summed E-state index contributed by atoms with van der Waals surface area (Å²) in [6.45, 7) is 8.45. The second-order valence-electron chi connectivity index (χ2n) is 8.19. The van der Waals surface area contributed by atoms with Crippen LogP contribution in [-0.2, 0) is 17.7 Å². The van der Waals surface area contributed by atoms with E-state index in [-0.39, 0.29) is 11.5 Å². The second-order valence-corrected chi connectivity index (χ2v) is 8.19. The van der Waals surface area contributed by atoms with Crippen molar-refractivity contribution in [2.45, 2.75) is 52.5 Å². The van der Waals surface area contributed by atoms with Crippen LogP contribution >= 0.6 is 0 Å². The topological polar surface area (TPSA) is 61.4 Å². The Kier molecular flexibility index (Phi) is 5.31. The van der Waals surface area contributed by atoms with Crippen LogP contribution in [-0.4, -0.2) is 32.4 Å². The van der Waals surface area contributed by atoms with Gasteiger partial charge in [0, 0.05) is 32.1 Å². The lowest BCUT2D eigenvalue weighted by atomic mass is 10.00. The van der Waals surface area contributed by atoms with Gasteiger partial charge in [0.05, 0.1) is 6.20 Å². The SMILES string of the molecule is Cc1ccc(Cc2nn3c(C4CCOCC4)ncc3c(=O)n2CC(C)C)cc1. The van der Waals surface area contributed by atoms with Gasteiger partial charge < -0.3 is 4.74 Å². The molecule has 0 unspecified atom stereocenters. The summed E-state index contributed by atoms with van der Waals surface area (Å²) in [7, 11) is 0. The van der Waals surface area contributed by atoms with E-state index in [0.29, 0.717) is 24.4 Å². The van der Waals surface area contributed by atoms with E-state index in [1.807, 2.05) is 4.57 Å². The molecular weight excluding hydrogens is 352 g/mol. The summed E-state index contributed by atoms with van der Waals surface area (Å²) in [5, 5.41) is 4.92. The summed E-state index contributed by atoms with van der Waals surface area (Å²) < 4.78 is 9.10. The number of ether oxygens (including phenoxy) is 1. The molecule has 3 heterocycles. The van der Waals surface area contributed by atoms with Crippen molar-refractivity contribution in [2.24, 2.45) is 5.92 Å². The molecule has 0 atom stereocenters. The van der Waals surface area contributed by atoms with Crippen molar-refractivity contribution in [3.63, 3.8) is 0 Å². The number of hydrogen-bond donors (Lipinski definition) is 0. The van der Waals surface area contributed by atoms with Crippen LogP contribution in [0, 0.1) is 12.8 Å². The molecule has 2 aromatic heterocycles. The van der Waals surface area contributed by atoms with Crippen molar-refractivity contribution >= 4 is 5.52 Å². The number of aromatic nitrogens is 4. The molecule has 0 radical (unpaired) electrons. The predicted molar refractivity (Wildman–Crippen MR) is 109 cm³/mol. The molecule has 0 amide bonds. The van der Waals surface area contributed by atoms with Gasteiger partial charge in [0.15, 0.2) is 5.52 Å². The third-order valence-corrected chi connectivity index (χ3v) is 5.37. The number of aryl methyl sites for hydroxylation is 1. The van der Waals surface area contributed by atoms with Crippen LogP contribution in [0.3, 0.4) is 0 Å². The lowest BCUT2D eigenvalue weighted by molar-refractivity contribution is 0.0832. The fraction of sp³-hybridized carbons (Fsp3) is 0.500. The molecule has 6 heteroatoms. The molecule has 148 valence electrons. The van der Waals surface area contributed by atoms with Crippen molar-refractivity contribution in [3.05, 3.63) is 63.6 Å². The Bertz CT molecular complexity index is 1010. The maximum Gasteiger partial charge on any atom is 0.279 e. The first-order valence-electron chi connectivity index (χ1n) is 10.1. The first kappa shape index (κ1) is 18.9. The Morgan fingerprint density at radius 1 is 1.18 bits per heavy atom. The molecule has 1 saturated heterocycles. The number of fused-ring (bicyclic) bond motifs is 1. The van der Waals surface area contributed by atoms with E-state index >= 15 is 0 Å². The summed E-state index contributed by atoms with van der Waals surface area (Å²) in [6.07, 6.45) is 4.16. The number of nitrogens with zero attached hydrogens (tertiary/aromatic N) is 4. The zero-order valence-electron chi connectivity index (χ0n) is 16.9. The van der Waals surface area contributed by atoms with Gasteiger partial charge in [-0.1, -0.05) is 43.7 Å². The van der Waals surface area contributed by atoms with E-state index in [1.165, 1.54) is 5.56 Å². The number of hydrogen-bond acceptors (Lipinski definition) is 4. The fourth-order valence-corrected chi connectivity index (χ4v) is 3.84. The van der Waals surface area contributed by atoms with Crippen LogP contribution in [0.4, 0.5) is 0 Å². The molecule has 0 aliphatic carbocycles. The molecule has 0 N–H and O–H groups in total. The van der Waals surface area contributed by atoms with Crippen molar-refractivity contribution in [1.82, 2.24) is 19.2 Å². The zero-order valence-corrected chi connectivity index (χ0v) is 16.9. The van der Waals surface area contributed by atoms with Gasteiger partial charge in [-0.25, -0.2) is 9.50 Å². The summed E-state index contributed by atoms with van der Waals surface area (Å²) in [6, 6.07) is 8.42. The highest BCUT2D eigenvalue weighted by Gasteiger charge is 2.23. The van der Waals surface area contributed by atoms with E-state index in [2.05, 4.69) is 50.0 Å². The Morgan fingerprint density at radius 2 is 1.89 bits per heavy atom. The molecule has 0 saturated carbocycles. The molecule has 3 aromatic rings. The van der Waals surface area contributed by atoms with Gasteiger partial charge in [-0.05, 0) is 31.2 Å². The van der Waals surface area contributed by atoms with Crippen LogP contribution in [0.15, 0.2) is 35.3 Å². The van der Waals surface area contributed by atoms with Crippen LogP contribution < -0.4 is 5.56 Å². The Balaban J connectivity index is 1.82. The van der Waals surface area contributed by atoms with Crippen molar-refractivity contribution in [2.75, 3.05) is 13.2 Å². The summed E-state index contributed by atoms with van der Waals surface area (Å²) >= 11 is 0. The predicted octanol–water partition coefficient (Wildman–Crippen LogP) is 3.34. The Morgan fingerprint density at radius 3 is 2.57 bits per heavy atom. The van der Waals surface area contributed by atoms with Crippen LogP contribution in [0.5, 0.6) is 0 Å². The average molecular weight is 380 g/mol. The fourth-order valence-electron chi connectivity index (χ4n) is 3.84. The van der Waals surface area contributed by atoms with Gasteiger partial charge in [-0.3, -0.25) is 9.36 Å². The Hall–Kier alpha value is -2.47. The first-order valence-corrected chi connectivity index (χ1v) is 10.1. The zero-order chi connectivity index (χ0) is 19.7. The molecule has 1 fully saturated rings. The first-order chi connectivity index (χ1) is 13.5. The van der Waals surface area contributed by atoms with E-state index in [4.69, 9.17) is 9.84 Å². The van der Waals surface area contributed by atoms with E-state index in [1.54, 1.807) is 10.7 Å². The van der Waals surface area contributed by atoms with Gasteiger partial charge in [-0.2, -0.15) is 5.10 Å². The van der Waals surface area contributed by atoms with Crippen LogP contribution in [0.1, 0.15) is 55.4 Å². The standard InChI is InChI=1S/C22H28N4O2/c1-15(2)14-25-20(12-17-6-4-16(3)5-7-17)24-26-19(22(25)27)13-23-21(26)18-8-10-28-11-9-18/h4-7,13,15,18H,8-12,14H2,1-3H3. The van der Waals surface area contributed by atoms with Gasteiger partial charge >= 0.3 is 0 Å². The molecule has 1 aromatic carbocycles. The lowest BCUT2D eigenvalue weighted by Gasteiger charge is -2.21. The number of imidazole rings is 1. The molecule has 28 heavy (non-hydrogen) atoms. The van der Waals surface area contributed by atoms with E-state index in [9.17, 15) is 4.79 Å². The molecule has 1 aliphatic rings. The highest BCUT2D eigenvalue weighted by atomic mass is 16.5. The number of rotatable bonds is 5. The summed E-state index contributed by atoms with van der Waals surface area (Å²) in [5.41, 5.74) is 2.94. The molecule has 1 aliphatic heterocycles. The third-order valence-electron chi connectivity index (χ3n) is 5.37. The van der Waals surface area contributed by atoms with Crippen molar-refractivity contribution < 1.29 is 4.74 Å². The summed E-state index contributed by atoms with van der Waals surface area (Å²) in [5.74, 6) is 2.33. The minimum absolute atomic E-state index is 0.00313. The van der Waals surface area contributed by atoms with E-state index < -0.39 is 0 Å². The maximum atomic E-state index is 13.3. The third kappa shape index (κ3) is 3.74. The smallest absolute Gasteiger partial charge is 0.279 e. The van der Waals surface area contributed by atoms with Gasteiger partial charge in [0.25, 0.3) is 5.56 Å². The average Bonchev–Trinajstić information content (AvgIpc) is 3.11. The van der Waals surface area contributed by atoms with Gasteiger partial charge in [-0.15, -0.1) is 0 Å². The van der Waals surface area contributed by atoms with E-state index in [0.717, 1.165) is 43.3 Å². The maximum absolute atomic E-state index is 13.3. The minimum atomic E-state index is -0.00313. The van der Waals surface area contributed by atoms with Crippen LogP contribution in [0.25, 0.3) is 5.52 Å². The number of benzene rings is 1. The highest BCUT2D eigenvalue weighted by molar-refractivity contribution is 5.43. The minimum Gasteiger partial charge on any atom is -0.381 e.